The summed E-state index contributed by atoms with van der Waals surface area (Å²) in [5.74, 6) is -0.229. The lowest BCUT2D eigenvalue weighted by Gasteiger charge is -2.41. The fourth-order valence-electron chi connectivity index (χ4n) is 5.22. The Labute approximate surface area is 215 Å². The van der Waals surface area contributed by atoms with Crippen LogP contribution in [0.1, 0.15) is 56.0 Å². The fraction of sp³-hybridized carbons (Fsp3) is 0.481. The standard InChI is InChI=1S/C27H32ClFN4O3/c1-36-20-4-5-24-21(15-20)26(22(28)18-32-24)23(29)6-7-27(16-25(34)35)8-13-33(14-9-27)12-2-3-19-17-30-10-11-31-19/h4-5,10-11,15,17-18,23H,2-3,6-9,12-14,16H2,1H3,(H,34,35)/t23-/m0/s1. The zero-order chi connectivity index (χ0) is 25.5. The summed E-state index contributed by atoms with van der Waals surface area (Å²) in [6.45, 7) is 2.54. The van der Waals surface area contributed by atoms with E-state index in [0.717, 1.165) is 51.0 Å². The van der Waals surface area contributed by atoms with Crippen molar-refractivity contribution in [3.05, 3.63) is 59.3 Å². The summed E-state index contributed by atoms with van der Waals surface area (Å²) in [5, 5.41) is 10.5. The highest BCUT2D eigenvalue weighted by atomic mass is 35.5. The number of fused-ring (bicyclic) bond motifs is 1. The minimum absolute atomic E-state index is 0.0474. The lowest BCUT2D eigenvalue weighted by atomic mass is 9.71. The van der Waals surface area contributed by atoms with Crippen molar-refractivity contribution < 1.29 is 19.0 Å². The van der Waals surface area contributed by atoms with Gasteiger partial charge >= 0.3 is 5.97 Å². The number of alkyl halides is 1. The van der Waals surface area contributed by atoms with E-state index in [1.54, 1.807) is 43.9 Å². The Morgan fingerprint density at radius 1 is 1.25 bits per heavy atom. The van der Waals surface area contributed by atoms with E-state index in [4.69, 9.17) is 16.3 Å². The van der Waals surface area contributed by atoms with Crippen LogP contribution in [0.5, 0.6) is 5.75 Å². The van der Waals surface area contributed by atoms with Gasteiger partial charge in [0.25, 0.3) is 0 Å². The van der Waals surface area contributed by atoms with Crippen LogP contribution in [0.25, 0.3) is 10.9 Å². The Kier molecular flexibility index (Phi) is 8.69. The van der Waals surface area contributed by atoms with E-state index in [2.05, 4.69) is 19.9 Å². The average molecular weight is 515 g/mol. The molecule has 0 bridgehead atoms. The van der Waals surface area contributed by atoms with E-state index in [1.165, 1.54) is 6.20 Å². The van der Waals surface area contributed by atoms with Crippen LogP contribution in [-0.2, 0) is 11.2 Å². The lowest BCUT2D eigenvalue weighted by Crippen LogP contribution is -2.41. The number of ether oxygens (including phenoxy) is 1. The van der Waals surface area contributed by atoms with Crippen molar-refractivity contribution in [1.82, 2.24) is 19.9 Å². The number of methoxy groups -OCH3 is 1. The van der Waals surface area contributed by atoms with Gasteiger partial charge in [0.15, 0.2) is 0 Å². The molecule has 9 heteroatoms. The molecule has 1 atom stereocenters. The van der Waals surface area contributed by atoms with E-state index in [0.29, 0.717) is 28.6 Å². The third-order valence-corrected chi connectivity index (χ3v) is 7.58. The highest BCUT2D eigenvalue weighted by molar-refractivity contribution is 6.32. The van der Waals surface area contributed by atoms with Gasteiger partial charge in [0.2, 0.25) is 0 Å². The SMILES string of the molecule is COc1ccc2ncc(Cl)c([C@@H](F)CCC3(CC(=O)O)CCN(CCCc4cnccn4)CC3)c2c1. The Balaban J connectivity index is 1.39. The molecule has 1 aliphatic rings. The molecule has 2 aromatic heterocycles. The number of rotatable bonds is 11. The second-order valence-electron chi connectivity index (χ2n) is 9.62. The second-order valence-corrected chi connectivity index (χ2v) is 10.0. The number of benzene rings is 1. The summed E-state index contributed by atoms with van der Waals surface area (Å²) < 4.78 is 21.0. The van der Waals surface area contributed by atoms with Crippen LogP contribution < -0.4 is 4.74 Å². The van der Waals surface area contributed by atoms with E-state index < -0.39 is 17.6 Å². The van der Waals surface area contributed by atoms with Gasteiger partial charge in [-0.25, -0.2) is 4.39 Å². The molecule has 7 nitrogen and oxygen atoms in total. The largest absolute Gasteiger partial charge is 0.497 e. The number of hydrogen-bond acceptors (Lipinski definition) is 6. The minimum atomic E-state index is -1.33. The summed E-state index contributed by atoms with van der Waals surface area (Å²) >= 11 is 6.39. The molecule has 192 valence electrons. The highest BCUT2D eigenvalue weighted by Gasteiger charge is 2.37. The maximum atomic E-state index is 15.7. The Hall–Kier alpha value is -2.84. The van der Waals surface area contributed by atoms with E-state index in [-0.39, 0.29) is 17.9 Å². The Morgan fingerprint density at radius 3 is 2.75 bits per heavy atom. The molecule has 0 amide bonds. The molecule has 0 saturated carbocycles. The Morgan fingerprint density at radius 2 is 2.06 bits per heavy atom. The third-order valence-electron chi connectivity index (χ3n) is 7.28. The molecule has 1 aromatic carbocycles. The topological polar surface area (TPSA) is 88.4 Å². The average Bonchev–Trinajstić information content (AvgIpc) is 2.88. The predicted molar refractivity (Wildman–Crippen MR) is 137 cm³/mol. The molecule has 1 fully saturated rings. The normalized spacial score (nSPS) is 16.6. The van der Waals surface area contributed by atoms with E-state index in [9.17, 15) is 9.90 Å². The third kappa shape index (κ3) is 6.48. The van der Waals surface area contributed by atoms with Crippen LogP contribution >= 0.6 is 11.6 Å². The molecule has 1 aliphatic heterocycles. The number of aromatic nitrogens is 3. The lowest BCUT2D eigenvalue weighted by molar-refractivity contribution is -0.141. The van der Waals surface area contributed by atoms with Gasteiger partial charge in [-0.1, -0.05) is 11.6 Å². The van der Waals surface area contributed by atoms with Gasteiger partial charge < -0.3 is 14.7 Å². The first-order valence-corrected chi connectivity index (χ1v) is 12.7. The zero-order valence-corrected chi connectivity index (χ0v) is 21.3. The van der Waals surface area contributed by atoms with Crippen molar-refractivity contribution >= 4 is 28.5 Å². The quantitative estimate of drug-likeness (QED) is 0.353. The van der Waals surface area contributed by atoms with Crippen LogP contribution in [-0.4, -0.2) is 57.7 Å². The van der Waals surface area contributed by atoms with E-state index >= 15 is 4.39 Å². The van der Waals surface area contributed by atoms with Crippen molar-refractivity contribution in [2.24, 2.45) is 5.41 Å². The number of carboxylic acid groups (broad SMARTS) is 1. The smallest absolute Gasteiger partial charge is 0.303 e. The molecule has 0 unspecified atom stereocenters. The van der Waals surface area contributed by atoms with Crippen molar-refractivity contribution in [3.63, 3.8) is 0 Å². The molecule has 4 rings (SSSR count). The van der Waals surface area contributed by atoms with Crippen molar-refractivity contribution in [3.8, 4) is 5.75 Å². The summed E-state index contributed by atoms with van der Waals surface area (Å²) in [7, 11) is 1.56. The number of carbonyl (C=O) groups is 1. The first kappa shape index (κ1) is 26.2. The molecule has 0 radical (unpaired) electrons. The van der Waals surface area contributed by atoms with Gasteiger partial charge in [-0.3, -0.25) is 19.7 Å². The van der Waals surface area contributed by atoms with Crippen LogP contribution in [0, 0.1) is 5.41 Å². The number of pyridine rings is 1. The maximum Gasteiger partial charge on any atom is 0.303 e. The number of aliphatic carboxylic acids is 1. The molecule has 0 spiro atoms. The van der Waals surface area contributed by atoms with Gasteiger partial charge in [-0.2, -0.15) is 0 Å². The maximum absolute atomic E-state index is 15.7. The van der Waals surface area contributed by atoms with Crippen LogP contribution in [0.4, 0.5) is 4.39 Å². The summed E-state index contributed by atoms with van der Waals surface area (Å²) in [6, 6.07) is 5.32. The number of halogens is 2. The van der Waals surface area contributed by atoms with Gasteiger partial charge in [0.1, 0.15) is 11.9 Å². The van der Waals surface area contributed by atoms with Crippen molar-refractivity contribution in [2.45, 2.75) is 51.1 Å². The first-order chi connectivity index (χ1) is 17.4. The van der Waals surface area contributed by atoms with Crippen LogP contribution in [0.2, 0.25) is 5.02 Å². The number of nitrogens with zero attached hydrogens (tertiary/aromatic N) is 4. The van der Waals surface area contributed by atoms with Crippen LogP contribution in [0.3, 0.4) is 0 Å². The van der Waals surface area contributed by atoms with Gasteiger partial charge in [-0.15, -0.1) is 0 Å². The number of carboxylic acids is 1. The summed E-state index contributed by atoms with van der Waals surface area (Å²) in [5.41, 5.74) is 1.59. The zero-order valence-electron chi connectivity index (χ0n) is 20.5. The predicted octanol–water partition coefficient (Wildman–Crippen LogP) is 5.67. The molecule has 36 heavy (non-hydrogen) atoms. The molecule has 3 heterocycles. The number of piperidine rings is 1. The number of likely N-dealkylation sites (tertiary alicyclic amines) is 1. The Bertz CT molecular complexity index is 1170. The van der Waals surface area contributed by atoms with Gasteiger partial charge in [-0.05, 0) is 81.8 Å². The molecule has 3 aromatic rings. The minimum Gasteiger partial charge on any atom is -0.497 e. The number of hydrogen-bond donors (Lipinski definition) is 1. The number of aryl methyl sites for hydroxylation is 1. The van der Waals surface area contributed by atoms with Crippen LogP contribution in [0.15, 0.2) is 43.0 Å². The molecular weight excluding hydrogens is 483 g/mol. The fourth-order valence-corrected chi connectivity index (χ4v) is 5.49. The van der Waals surface area contributed by atoms with Gasteiger partial charge in [0, 0.05) is 35.7 Å². The molecular formula is C27H32ClFN4O3. The molecule has 1 saturated heterocycles. The first-order valence-electron chi connectivity index (χ1n) is 12.3. The summed E-state index contributed by atoms with van der Waals surface area (Å²) in [4.78, 5) is 26.8. The molecule has 1 N–H and O–H groups in total. The summed E-state index contributed by atoms with van der Waals surface area (Å²) in [6.07, 6.45) is 9.33. The van der Waals surface area contributed by atoms with Crippen molar-refractivity contribution in [1.29, 1.82) is 0 Å². The highest BCUT2D eigenvalue weighted by Crippen LogP contribution is 2.44. The van der Waals surface area contributed by atoms with Gasteiger partial charge in [0.05, 0.1) is 29.8 Å². The molecule has 0 aliphatic carbocycles. The second kappa shape index (κ2) is 11.9. The van der Waals surface area contributed by atoms with E-state index in [1.807, 2.05) is 0 Å². The monoisotopic (exact) mass is 514 g/mol. The van der Waals surface area contributed by atoms with Crippen molar-refractivity contribution in [2.75, 3.05) is 26.7 Å².